The fourth-order valence-electron chi connectivity index (χ4n) is 2.66. The summed E-state index contributed by atoms with van der Waals surface area (Å²) in [7, 11) is 0. The quantitative estimate of drug-likeness (QED) is 0.903. The number of hydrogen-bond donors (Lipinski definition) is 1. The minimum atomic E-state index is 0.501. The van der Waals surface area contributed by atoms with Gasteiger partial charge >= 0.3 is 0 Å². The Morgan fingerprint density at radius 3 is 2.55 bits per heavy atom. The van der Waals surface area contributed by atoms with Gasteiger partial charge < -0.3 is 9.73 Å². The highest BCUT2D eigenvalue weighted by atomic mass is 16.3. The smallest absolute Gasteiger partial charge is 0.118 e. The van der Waals surface area contributed by atoms with Crippen LogP contribution in [0.1, 0.15) is 36.3 Å². The molecule has 1 aliphatic heterocycles. The molecule has 1 aromatic heterocycles. The molecule has 0 unspecified atom stereocenters. The Bertz CT molecular complexity index is 549. The summed E-state index contributed by atoms with van der Waals surface area (Å²) in [6, 6.07) is 11.3. The van der Waals surface area contributed by atoms with Crippen molar-refractivity contribution in [3.8, 4) is 0 Å². The zero-order valence-electron chi connectivity index (χ0n) is 12.2. The van der Waals surface area contributed by atoms with Gasteiger partial charge in [-0.25, -0.2) is 0 Å². The van der Waals surface area contributed by atoms with Gasteiger partial charge in [-0.05, 0) is 17.2 Å². The van der Waals surface area contributed by atoms with E-state index in [-0.39, 0.29) is 0 Å². The number of benzene rings is 1. The van der Waals surface area contributed by atoms with Crippen LogP contribution in [0.5, 0.6) is 0 Å². The topological polar surface area (TPSA) is 28.4 Å². The molecular formula is C17H22N2O. The predicted molar refractivity (Wildman–Crippen MR) is 80.1 cm³/mol. The highest BCUT2D eigenvalue weighted by molar-refractivity contribution is 5.30. The number of rotatable bonds is 5. The molecule has 3 heteroatoms. The zero-order chi connectivity index (χ0) is 13.9. The van der Waals surface area contributed by atoms with Gasteiger partial charge in [-0.2, -0.15) is 0 Å². The Hall–Kier alpha value is -1.58. The van der Waals surface area contributed by atoms with Gasteiger partial charge in [-0.15, -0.1) is 0 Å². The van der Waals surface area contributed by atoms with Gasteiger partial charge in [0, 0.05) is 31.2 Å². The SMILES string of the molecule is CC(C)NCc1coc(CN2Cc3ccccc3C2)c1. The largest absolute Gasteiger partial charge is 0.468 e. The molecule has 0 radical (unpaired) electrons. The van der Waals surface area contributed by atoms with Gasteiger partial charge in [-0.3, -0.25) is 4.90 Å². The lowest BCUT2D eigenvalue weighted by Crippen LogP contribution is -2.21. The Morgan fingerprint density at radius 1 is 1.20 bits per heavy atom. The van der Waals surface area contributed by atoms with E-state index < -0.39 is 0 Å². The van der Waals surface area contributed by atoms with Crippen LogP contribution in [0.15, 0.2) is 41.0 Å². The molecule has 1 N–H and O–H groups in total. The van der Waals surface area contributed by atoms with E-state index in [9.17, 15) is 0 Å². The lowest BCUT2D eigenvalue weighted by Gasteiger charge is -2.12. The summed E-state index contributed by atoms with van der Waals surface area (Å²) in [5, 5.41) is 3.41. The third-order valence-electron chi connectivity index (χ3n) is 3.71. The molecule has 3 rings (SSSR count). The minimum absolute atomic E-state index is 0.501. The number of nitrogens with one attached hydrogen (secondary N) is 1. The first-order valence-corrected chi connectivity index (χ1v) is 7.29. The van der Waals surface area contributed by atoms with Crippen molar-refractivity contribution in [2.24, 2.45) is 0 Å². The van der Waals surface area contributed by atoms with Crippen LogP contribution in [0.3, 0.4) is 0 Å². The van der Waals surface area contributed by atoms with Crippen molar-refractivity contribution in [2.45, 2.75) is 46.1 Å². The van der Waals surface area contributed by atoms with E-state index >= 15 is 0 Å². The standard InChI is InChI=1S/C17H22N2O/c1-13(2)18-8-14-7-17(20-12-14)11-19-9-15-5-3-4-6-16(15)10-19/h3-7,12-13,18H,8-11H2,1-2H3. The van der Waals surface area contributed by atoms with Gasteiger partial charge in [0.15, 0.2) is 0 Å². The normalized spacial score (nSPS) is 14.9. The molecule has 0 fully saturated rings. The molecule has 1 aromatic carbocycles. The summed E-state index contributed by atoms with van der Waals surface area (Å²) < 4.78 is 5.68. The maximum Gasteiger partial charge on any atom is 0.118 e. The van der Waals surface area contributed by atoms with Crippen molar-refractivity contribution >= 4 is 0 Å². The second-order valence-corrected chi connectivity index (χ2v) is 5.87. The van der Waals surface area contributed by atoms with E-state index in [4.69, 9.17) is 4.42 Å². The number of furan rings is 1. The molecule has 20 heavy (non-hydrogen) atoms. The summed E-state index contributed by atoms with van der Waals surface area (Å²) in [6.45, 7) is 8.12. The summed E-state index contributed by atoms with van der Waals surface area (Å²) in [5.74, 6) is 1.05. The average Bonchev–Trinajstić information content (AvgIpc) is 3.02. The van der Waals surface area contributed by atoms with Crippen LogP contribution in [0.25, 0.3) is 0 Å². The number of nitrogens with zero attached hydrogens (tertiary/aromatic N) is 1. The van der Waals surface area contributed by atoms with Crippen LogP contribution >= 0.6 is 0 Å². The predicted octanol–water partition coefficient (Wildman–Crippen LogP) is 3.29. The Balaban J connectivity index is 1.57. The minimum Gasteiger partial charge on any atom is -0.468 e. The molecule has 0 saturated carbocycles. The molecule has 0 aliphatic carbocycles. The molecule has 3 nitrogen and oxygen atoms in total. The highest BCUT2D eigenvalue weighted by Crippen LogP contribution is 2.24. The third kappa shape index (κ3) is 3.11. The van der Waals surface area contributed by atoms with Gasteiger partial charge in [0.05, 0.1) is 12.8 Å². The van der Waals surface area contributed by atoms with E-state index in [1.165, 1.54) is 16.7 Å². The average molecular weight is 270 g/mol. The van der Waals surface area contributed by atoms with Gasteiger partial charge in [0.1, 0.15) is 5.76 Å². The van der Waals surface area contributed by atoms with E-state index in [2.05, 4.69) is 54.4 Å². The van der Waals surface area contributed by atoms with Crippen molar-refractivity contribution in [3.05, 3.63) is 59.0 Å². The van der Waals surface area contributed by atoms with Crippen molar-refractivity contribution in [1.29, 1.82) is 0 Å². The maximum atomic E-state index is 5.68. The molecule has 2 aromatic rings. The molecule has 1 aliphatic rings. The summed E-state index contributed by atoms with van der Waals surface area (Å²) in [5.41, 5.74) is 4.12. The van der Waals surface area contributed by atoms with Gasteiger partial charge in [-0.1, -0.05) is 38.1 Å². The van der Waals surface area contributed by atoms with Crippen molar-refractivity contribution < 1.29 is 4.42 Å². The molecular weight excluding hydrogens is 248 g/mol. The fraction of sp³-hybridized carbons (Fsp3) is 0.412. The van der Waals surface area contributed by atoms with Crippen LogP contribution in [-0.4, -0.2) is 10.9 Å². The van der Waals surface area contributed by atoms with Gasteiger partial charge in [0.2, 0.25) is 0 Å². The molecule has 0 saturated heterocycles. The Kier molecular flexibility index (Phi) is 3.90. The molecule has 0 bridgehead atoms. The van der Waals surface area contributed by atoms with Crippen LogP contribution in [0.4, 0.5) is 0 Å². The third-order valence-corrected chi connectivity index (χ3v) is 3.71. The molecule has 2 heterocycles. The van der Waals surface area contributed by atoms with E-state index in [0.29, 0.717) is 6.04 Å². The lowest BCUT2D eigenvalue weighted by atomic mass is 10.1. The van der Waals surface area contributed by atoms with Crippen LogP contribution in [0, 0.1) is 0 Å². The first-order chi connectivity index (χ1) is 9.70. The second kappa shape index (κ2) is 5.81. The maximum absolute atomic E-state index is 5.68. The van der Waals surface area contributed by atoms with E-state index in [0.717, 1.165) is 31.9 Å². The van der Waals surface area contributed by atoms with Crippen LogP contribution in [-0.2, 0) is 26.2 Å². The number of fused-ring (bicyclic) bond motifs is 1. The Morgan fingerprint density at radius 2 is 1.90 bits per heavy atom. The fourth-order valence-corrected chi connectivity index (χ4v) is 2.66. The second-order valence-electron chi connectivity index (χ2n) is 5.87. The molecule has 106 valence electrons. The molecule has 0 atom stereocenters. The van der Waals surface area contributed by atoms with Crippen molar-refractivity contribution in [3.63, 3.8) is 0 Å². The van der Waals surface area contributed by atoms with E-state index in [1.807, 2.05) is 6.26 Å². The zero-order valence-corrected chi connectivity index (χ0v) is 12.2. The van der Waals surface area contributed by atoms with Crippen LogP contribution in [0.2, 0.25) is 0 Å². The van der Waals surface area contributed by atoms with Gasteiger partial charge in [0.25, 0.3) is 0 Å². The molecule has 0 spiro atoms. The lowest BCUT2D eigenvalue weighted by molar-refractivity contribution is 0.251. The summed E-state index contributed by atoms with van der Waals surface area (Å²) >= 11 is 0. The van der Waals surface area contributed by atoms with Crippen LogP contribution < -0.4 is 5.32 Å². The Labute approximate surface area is 120 Å². The van der Waals surface area contributed by atoms with E-state index in [1.54, 1.807) is 0 Å². The van der Waals surface area contributed by atoms with Crippen molar-refractivity contribution in [2.75, 3.05) is 0 Å². The summed E-state index contributed by atoms with van der Waals surface area (Å²) in [4.78, 5) is 2.42. The first kappa shape index (κ1) is 13.4. The highest BCUT2D eigenvalue weighted by Gasteiger charge is 2.19. The first-order valence-electron chi connectivity index (χ1n) is 7.29. The number of hydrogen-bond acceptors (Lipinski definition) is 3. The van der Waals surface area contributed by atoms with Crippen molar-refractivity contribution in [1.82, 2.24) is 10.2 Å². The monoisotopic (exact) mass is 270 g/mol. The molecule has 0 amide bonds. The summed E-state index contributed by atoms with van der Waals surface area (Å²) in [6.07, 6.45) is 1.87.